The number of amides is 1. The summed E-state index contributed by atoms with van der Waals surface area (Å²) in [5.74, 6) is -0.242. The van der Waals surface area contributed by atoms with Gasteiger partial charge in [0, 0.05) is 37.2 Å². The van der Waals surface area contributed by atoms with Crippen molar-refractivity contribution < 1.29 is 9.18 Å². The van der Waals surface area contributed by atoms with Gasteiger partial charge in [-0.25, -0.2) is 4.98 Å². The van der Waals surface area contributed by atoms with Gasteiger partial charge in [-0.15, -0.1) is 0 Å². The number of carbonyl (C=O) groups excluding carboxylic acids is 1. The monoisotopic (exact) mass is 284 g/mol. The first-order valence-electron chi connectivity index (χ1n) is 6.41. The normalized spacial score (nSPS) is 27.4. The Labute approximate surface area is 117 Å². The first-order valence-corrected chi connectivity index (χ1v) is 6.79. The van der Waals surface area contributed by atoms with Crippen molar-refractivity contribution in [2.75, 3.05) is 13.1 Å². The maximum Gasteiger partial charge on any atom is 0.219 e. The molecule has 3 nitrogen and oxygen atoms in total. The summed E-state index contributed by atoms with van der Waals surface area (Å²) in [5.41, 5.74) is 0.212. The zero-order valence-electron chi connectivity index (χ0n) is 11.4. The van der Waals surface area contributed by atoms with Gasteiger partial charge in [-0.1, -0.05) is 25.4 Å². The van der Waals surface area contributed by atoms with E-state index in [-0.39, 0.29) is 17.2 Å². The molecule has 1 saturated heterocycles. The Morgan fingerprint density at radius 2 is 2.32 bits per heavy atom. The van der Waals surface area contributed by atoms with Gasteiger partial charge in [0.1, 0.15) is 0 Å². The lowest BCUT2D eigenvalue weighted by atomic mass is 9.68. The molecule has 1 aliphatic rings. The van der Waals surface area contributed by atoms with Crippen LogP contribution in [0.5, 0.6) is 0 Å². The van der Waals surface area contributed by atoms with Crippen molar-refractivity contribution >= 4 is 17.5 Å². The molecule has 0 aromatic carbocycles. The van der Waals surface area contributed by atoms with Gasteiger partial charge < -0.3 is 4.90 Å². The molecule has 5 heteroatoms. The number of pyridine rings is 1. The van der Waals surface area contributed by atoms with Crippen molar-refractivity contribution in [2.45, 2.75) is 32.6 Å². The lowest BCUT2D eigenvalue weighted by Gasteiger charge is -2.44. The molecule has 104 valence electrons. The van der Waals surface area contributed by atoms with Crippen LogP contribution in [0.1, 0.15) is 32.8 Å². The highest BCUT2D eigenvalue weighted by molar-refractivity contribution is 6.30. The van der Waals surface area contributed by atoms with Crippen molar-refractivity contribution in [3.05, 3.63) is 28.8 Å². The van der Waals surface area contributed by atoms with Gasteiger partial charge in [0.25, 0.3) is 0 Å². The fourth-order valence-electron chi connectivity index (χ4n) is 2.75. The molecule has 1 aromatic heterocycles. The molecule has 19 heavy (non-hydrogen) atoms. The number of piperidine rings is 1. The van der Waals surface area contributed by atoms with Gasteiger partial charge in [-0.2, -0.15) is 4.39 Å². The maximum atomic E-state index is 14.0. The molecule has 0 saturated carbocycles. The minimum Gasteiger partial charge on any atom is -0.343 e. The molecule has 0 bridgehead atoms. The summed E-state index contributed by atoms with van der Waals surface area (Å²) >= 11 is 5.93. The average Bonchev–Trinajstić information content (AvgIpc) is 2.35. The van der Waals surface area contributed by atoms with Gasteiger partial charge in [-0.3, -0.25) is 4.79 Å². The number of hydrogen-bond donors (Lipinski definition) is 0. The van der Waals surface area contributed by atoms with Crippen LogP contribution in [0.4, 0.5) is 4.39 Å². The third-order valence-corrected chi connectivity index (χ3v) is 4.56. The third-order valence-electron chi connectivity index (χ3n) is 4.35. The third kappa shape index (κ3) is 2.59. The molecule has 2 rings (SSSR count). The van der Waals surface area contributed by atoms with Gasteiger partial charge in [0.15, 0.2) is 0 Å². The predicted molar refractivity (Wildman–Crippen MR) is 72.6 cm³/mol. The fourth-order valence-corrected chi connectivity index (χ4v) is 2.90. The van der Waals surface area contributed by atoms with Crippen LogP contribution in [0.25, 0.3) is 0 Å². The molecule has 1 aliphatic heterocycles. The van der Waals surface area contributed by atoms with Crippen LogP contribution < -0.4 is 0 Å². The van der Waals surface area contributed by atoms with Crippen LogP contribution in [-0.2, 0) is 10.2 Å². The standard InChI is InChI=1S/C14H18ClFN2O/c1-9-8-18(10(2)19)5-4-14(9,3)12-6-11(15)7-17-13(12)16/h6-7,9H,4-5,8H2,1-3H3. The molecular formula is C14H18ClFN2O. The Morgan fingerprint density at radius 1 is 1.63 bits per heavy atom. The van der Waals surface area contributed by atoms with Gasteiger partial charge in [0.05, 0.1) is 5.02 Å². The van der Waals surface area contributed by atoms with E-state index in [2.05, 4.69) is 4.98 Å². The smallest absolute Gasteiger partial charge is 0.219 e. The van der Waals surface area contributed by atoms with Crippen molar-refractivity contribution in [3.63, 3.8) is 0 Å². The molecular weight excluding hydrogens is 267 g/mol. The molecule has 1 aromatic rings. The number of aromatic nitrogens is 1. The molecule has 0 N–H and O–H groups in total. The highest BCUT2D eigenvalue weighted by Crippen LogP contribution is 2.40. The number of halogens is 2. The zero-order chi connectivity index (χ0) is 14.2. The molecule has 0 spiro atoms. The summed E-state index contributed by atoms with van der Waals surface area (Å²) in [7, 11) is 0. The van der Waals surface area contributed by atoms with Gasteiger partial charge in [0.2, 0.25) is 11.9 Å². The van der Waals surface area contributed by atoms with Crippen molar-refractivity contribution in [3.8, 4) is 0 Å². The summed E-state index contributed by atoms with van der Waals surface area (Å²) in [6.07, 6.45) is 2.03. The number of hydrogen-bond acceptors (Lipinski definition) is 2. The fraction of sp³-hybridized carbons (Fsp3) is 0.571. The first-order chi connectivity index (χ1) is 8.84. The molecule has 2 unspecified atom stereocenters. The van der Waals surface area contributed by atoms with Crippen molar-refractivity contribution in [2.24, 2.45) is 5.92 Å². The van der Waals surface area contributed by atoms with Crippen molar-refractivity contribution in [1.29, 1.82) is 0 Å². The zero-order valence-corrected chi connectivity index (χ0v) is 12.2. The Kier molecular flexibility index (Phi) is 3.81. The van der Waals surface area contributed by atoms with Crippen LogP contribution in [-0.4, -0.2) is 28.9 Å². The predicted octanol–water partition coefficient (Wildman–Crippen LogP) is 3.02. The van der Waals surface area contributed by atoms with E-state index in [1.807, 2.05) is 18.7 Å². The largest absolute Gasteiger partial charge is 0.343 e. The topological polar surface area (TPSA) is 33.2 Å². The highest BCUT2D eigenvalue weighted by atomic mass is 35.5. The van der Waals surface area contributed by atoms with E-state index >= 15 is 0 Å². The SMILES string of the molecule is CC(=O)N1CCC(C)(c2cc(Cl)cnc2F)C(C)C1. The Morgan fingerprint density at radius 3 is 2.89 bits per heavy atom. The van der Waals surface area contributed by atoms with E-state index < -0.39 is 5.95 Å². The summed E-state index contributed by atoms with van der Waals surface area (Å²) in [6, 6.07) is 1.66. The summed E-state index contributed by atoms with van der Waals surface area (Å²) in [5, 5.41) is 0.443. The van der Waals surface area contributed by atoms with E-state index in [0.29, 0.717) is 30.1 Å². The average molecular weight is 285 g/mol. The van der Waals surface area contributed by atoms with Crippen molar-refractivity contribution in [1.82, 2.24) is 9.88 Å². The second-order valence-corrected chi connectivity index (χ2v) is 5.96. The second kappa shape index (κ2) is 5.08. The molecule has 1 fully saturated rings. The second-order valence-electron chi connectivity index (χ2n) is 5.53. The Hall–Kier alpha value is -1.16. The van der Waals surface area contributed by atoms with Gasteiger partial charge in [-0.05, 0) is 18.4 Å². The number of carbonyl (C=O) groups is 1. The maximum absolute atomic E-state index is 14.0. The lowest BCUT2D eigenvalue weighted by molar-refractivity contribution is -0.131. The van der Waals surface area contributed by atoms with E-state index in [1.54, 1.807) is 13.0 Å². The molecule has 0 aliphatic carbocycles. The molecule has 2 atom stereocenters. The van der Waals surface area contributed by atoms with Crippen LogP contribution in [0.2, 0.25) is 5.02 Å². The van der Waals surface area contributed by atoms with Crippen LogP contribution in [0.15, 0.2) is 12.3 Å². The van der Waals surface area contributed by atoms with Gasteiger partial charge >= 0.3 is 0 Å². The van der Waals surface area contributed by atoms with E-state index in [1.165, 1.54) is 6.20 Å². The minimum absolute atomic E-state index is 0.0681. The summed E-state index contributed by atoms with van der Waals surface area (Å²) in [6.45, 7) is 6.90. The molecule has 0 radical (unpaired) electrons. The number of likely N-dealkylation sites (tertiary alicyclic amines) is 1. The van der Waals surface area contributed by atoms with Crippen LogP contribution in [0, 0.1) is 11.9 Å². The lowest BCUT2D eigenvalue weighted by Crippen LogP contribution is -2.49. The van der Waals surface area contributed by atoms with E-state index in [9.17, 15) is 9.18 Å². The minimum atomic E-state index is -0.463. The number of rotatable bonds is 1. The summed E-state index contributed by atoms with van der Waals surface area (Å²) in [4.78, 5) is 16.9. The quantitative estimate of drug-likeness (QED) is 0.743. The van der Waals surface area contributed by atoms with Crippen LogP contribution in [0.3, 0.4) is 0 Å². The highest BCUT2D eigenvalue weighted by Gasteiger charge is 2.40. The summed E-state index contributed by atoms with van der Waals surface area (Å²) < 4.78 is 14.0. The molecule has 1 amide bonds. The Bertz CT molecular complexity index is 508. The molecule has 2 heterocycles. The van der Waals surface area contributed by atoms with E-state index in [0.717, 1.165) is 0 Å². The number of nitrogens with zero attached hydrogens (tertiary/aromatic N) is 2. The first kappa shape index (κ1) is 14.3. The van der Waals surface area contributed by atoms with E-state index in [4.69, 9.17) is 11.6 Å². The van der Waals surface area contributed by atoms with Crippen LogP contribution >= 0.6 is 11.6 Å². The Balaban J connectivity index is 2.33.